The summed E-state index contributed by atoms with van der Waals surface area (Å²) in [6.45, 7) is 4.60. The number of rotatable bonds is 10. The molecule has 8 aromatic carbocycles. The highest BCUT2D eigenvalue weighted by Gasteiger charge is 2.26. The fraction of sp³-hybridized carbons (Fsp3) is 0.382. The van der Waals surface area contributed by atoms with Gasteiger partial charge in [0, 0.05) is 33.5 Å². The Labute approximate surface area is 419 Å². The Morgan fingerprint density at radius 3 is 0.886 bits per heavy atom. The zero-order valence-electron chi connectivity index (χ0n) is 42.2. The minimum atomic E-state index is 0.669. The third-order valence-corrected chi connectivity index (χ3v) is 17.9. The fourth-order valence-electron chi connectivity index (χ4n) is 13.8. The highest BCUT2D eigenvalue weighted by molar-refractivity contribution is 6.24. The van der Waals surface area contributed by atoms with Gasteiger partial charge in [-0.3, -0.25) is 0 Å². The van der Waals surface area contributed by atoms with E-state index < -0.39 is 0 Å². The van der Waals surface area contributed by atoms with Gasteiger partial charge in [0.25, 0.3) is 0 Å². The van der Waals surface area contributed by atoms with Crippen molar-refractivity contribution in [3.63, 3.8) is 0 Å². The van der Waals surface area contributed by atoms with Crippen molar-refractivity contribution in [2.45, 2.75) is 166 Å². The van der Waals surface area contributed by atoms with Crippen molar-refractivity contribution in [3.8, 4) is 0 Å². The zero-order valence-corrected chi connectivity index (χ0v) is 42.2. The predicted octanol–water partition coefficient (Wildman–Crippen LogP) is 20.9. The fourth-order valence-corrected chi connectivity index (χ4v) is 13.8. The molecule has 0 heterocycles. The second-order valence-electron chi connectivity index (χ2n) is 22.3. The summed E-state index contributed by atoms with van der Waals surface area (Å²) in [5.74, 6) is 2.68. The molecule has 2 heteroatoms. The maximum absolute atomic E-state index is 2.59. The highest BCUT2D eigenvalue weighted by atomic mass is 15.2. The summed E-state index contributed by atoms with van der Waals surface area (Å²) in [7, 11) is 0. The second kappa shape index (κ2) is 20.1. The van der Waals surface area contributed by atoms with E-state index in [0.29, 0.717) is 23.7 Å². The predicted molar refractivity (Wildman–Crippen MR) is 301 cm³/mol. The number of hydrogen-bond donors (Lipinski definition) is 0. The maximum Gasteiger partial charge on any atom is 0.0546 e. The third-order valence-electron chi connectivity index (χ3n) is 17.9. The lowest BCUT2D eigenvalue weighted by Gasteiger charge is -2.31. The van der Waals surface area contributed by atoms with Crippen molar-refractivity contribution >= 4 is 66.4 Å². The van der Waals surface area contributed by atoms with Crippen LogP contribution in [0.4, 0.5) is 34.1 Å². The lowest BCUT2D eigenvalue weighted by Crippen LogP contribution is -2.13. The van der Waals surface area contributed by atoms with Gasteiger partial charge in [-0.2, -0.15) is 0 Å². The van der Waals surface area contributed by atoms with E-state index in [9.17, 15) is 0 Å². The van der Waals surface area contributed by atoms with E-state index in [1.807, 2.05) is 0 Å². The number of nitrogens with zero attached hydrogens (tertiary/aromatic N) is 2. The first-order chi connectivity index (χ1) is 34.5. The molecule has 2 nitrogen and oxygen atoms in total. The topological polar surface area (TPSA) is 6.48 Å². The average Bonchev–Trinajstić information content (AvgIpc) is 3.43. The average molecular weight is 919 g/mol. The van der Waals surface area contributed by atoms with Crippen LogP contribution in [0, 0.1) is 13.8 Å². The van der Waals surface area contributed by atoms with Crippen molar-refractivity contribution in [2.24, 2.45) is 0 Å². The van der Waals surface area contributed by atoms with Crippen LogP contribution < -0.4 is 9.80 Å². The Bertz CT molecular complexity index is 2940. The van der Waals surface area contributed by atoms with Crippen LogP contribution in [-0.4, -0.2) is 0 Å². The first-order valence-electron chi connectivity index (χ1n) is 27.9. The largest absolute Gasteiger partial charge is 0.310 e. The second-order valence-corrected chi connectivity index (χ2v) is 22.3. The molecule has 0 atom stereocenters. The van der Waals surface area contributed by atoms with Gasteiger partial charge >= 0.3 is 0 Å². The van der Waals surface area contributed by atoms with Gasteiger partial charge in [-0.25, -0.2) is 0 Å². The molecule has 4 aliphatic rings. The molecular formula is C68H74N2. The maximum atomic E-state index is 2.59. The van der Waals surface area contributed by atoms with Gasteiger partial charge in [-0.05, 0) is 211 Å². The van der Waals surface area contributed by atoms with Crippen LogP contribution in [0.2, 0.25) is 0 Å². The number of aryl methyl sites for hydroxylation is 2. The van der Waals surface area contributed by atoms with Gasteiger partial charge in [-0.1, -0.05) is 156 Å². The molecule has 0 unspecified atom stereocenters. The first-order valence-corrected chi connectivity index (χ1v) is 27.9. The summed E-state index contributed by atoms with van der Waals surface area (Å²) in [4.78, 5) is 5.16. The number of anilines is 6. The van der Waals surface area contributed by atoms with E-state index >= 15 is 0 Å². The van der Waals surface area contributed by atoms with Gasteiger partial charge < -0.3 is 9.80 Å². The highest BCUT2D eigenvalue weighted by Crippen LogP contribution is 2.49. The summed E-state index contributed by atoms with van der Waals surface area (Å²) in [6.07, 6.45) is 26.8. The molecule has 0 amide bonds. The monoisotopic (exact) mass is 919 g/mol. The smallest absolute Gasteiger partial charge is 0.0546 e. The molecule has 0 aromatic heterocycles. The number of fused-ring (bicyclic) bond motifs is 5. The lowest BCUT2D eigenvalue weighted by molar-refractivity contribution is 0.443. The van der Waals surface area contributed by atoms with Crippen LogP contribution >= 0.6 is 0 Å². The van der Waals surface area contributed by atoms with Crippen LogP contribution in [0.25, 0.3) is 32.3 Å². The van der Waals surface area contributed by atoms with Crippen LogP contribution in [-0.2, 0) is 0 Å². The Balaban J connectivity index is 1.05. The Kier molecular flexibility index (Phi) is 13.0. The van der Waals surface area contributed by atoms with Gasteiger partial charge in [-0.15, -0.1) is 0 Å². The molecule has 0 aliphatic heterocycles. The molecule has 0 bridgehead atoms. The standard InChI is InChI=1S/C68H74N2/c1-47-43-63-65-46-67(69(57-35-27-53(28-36-57)49-17-7-3-8-18-49)58-37-29-54(30-38-58)50-19-9-4-10-20-50)62-26-16-15-25-61(62)64(65)45-68(66(63)44-48(47)2)70(59-39-31-55(32-40-59)51-21-11-5-12-22-51)60-41-33-56(34-42-60)52-23-13-6-14-24-52/h15-16,25-46,49-52H,3-14,17-24H2,1-2H3. The lowest BCUT2D eigenvalue weighted by atomic mass is 9.84. The van der Waals surface area contributed by atoms with Crippen molar-refractivity contribution in [1.82, 2.24) is 0 Å². The molecule has 8 aromatic rings. The van der Waals surface area contributed by atoms with E-state index in [1.54, 1.807) is 0 Å². The Hall–Kier alpha value is -5.86. The van der Waals surface area contributed by atoms with E-state index in [0.717, 1.165) is 0 Å². The van der Waals surface area contributed by atoms with E-state index in [2.05, 4.69) is 169 Å². The van der Waals surface area contributed by atoms with E-state index in [4.69, 9.17) is 0 Å². The van der Waals surface area contributed by atoms with E-state index in [-0.39, 0.29) is 0 Å². The van der Waals surface area contributed by atoms with E-state index in [1.165, 1.54) is 228 Å². The molecule has 0 radical (unpaired) electrons. The molecule has 4 saturated carbocycles. The van der Waals surface area contributed by atoms with Crippen molar-refractivity contribution in [1.29, 1.82) is 0 Å². The molecule has 12 rings (SSSR count). The molecule has 0 saturated heterocycles. The van der Waals surface area contributed by atoms with Gasteiger partial charge in [0.2, 0.25) is 0 Å². The molecular weight excluding hydrogens is 845 g/mol. The number of hydrogen-bond acceptors (Lipinski definition) is 2. The SMILES string of the molecule is Cc1cc2c(N(c3ccc(C4CCCCC4)cc3)c3ccc(C4CCCCC4)cc3)cc3c4ccccc4c(N(c4ccc(C5CCCCC5)cc4)c4ccc(C5CCCCC5)cc4)cc3c2cc1C. The van der Waals surface area contributed by atoms with Crippen molar-refractivity contribution in [3.05, 3.63) is 179 Å². The zero-order chi connectivity index (χ0) is 47.0. The Morgan fingerprint density at radius 2 is 0.543 bits per heavy atom. The Morgan fingerprint density at radius 1 is 0.271 bits per heavy atom. The van der Waals surface area contributed by atoms with Crippen LogP contribution in [0.15, 0.2) is 146 Å². The molecule has 0 spiro atoms. The number of benzene rings is 8. The third kappa shape index (κ3) is 8.95. The van der Waals surface area contributed by atoms with Crippen LogP contribution in [0.3, 0.4) is 0 Å². The molecule has 0 N–H and O–H groups in total. The molecule has 356 valence electrons. The summed E-state index contributed by atoms with van der Waals surface area (Å²) in [5.41, 5.74) is 16.0. The molecule has 70 heavy (non-hydrogen) atoms. The first kappa shape index (κ1) is 45.3. The summed E-state index contributed by atoms with van der Waals surface area (Å²) < 4.78 is 0. The minimum Gasteiger partial charge on any atom is -0.310 e. The van der Waals surface area contributed by atoms with Crippen molar-refractivity contribution < 1.29 is 0 Å². The normalized spacial score (nSPS) is 17.9. The quantitative estimate of drug-likeness (QED) is 0.126. The summed E-state index contributed by atoms with van der Waals surface area (Å²) in [5, 5.41) is 7.78. The minimum absolute atomic E-state index is 0.669. The summed E-state index contributed by atoms with van der Waals surface area (Å²) in [6, 6.07) is 58.3. The molecule has 4 fully saturated rings. The summed E-state index contributed by atoms with van der Waals surface area (Å²) >= 11 is 0. The molecule has 4 aliphatic carbocycles. The van der Waals surface area contributed by atoms with Gasteiger partial charge in [0.05, 0.1) is 11.4 Å². The van der Waals surface area contributed by atoms with Gasteiger partial charge in [0.1, 0.15) is 0 Å². The van der Waals surface area contributed by atoms with Crippen LogP contribution in [0.5, 0.6) is 0 Å². The van der Waals surface area contributed by atoms with Gasteiger partial charge in [0.15, 0.2) is 0 Å². The van der Waals surface area contributed by atoms with Crippen molar-refractivity contribution in [2.75, 3.05) is 9.80 Å². The van der Waals surface area contributed by atoms with Crippen LogP contribution in [0.1, 0.15) is 185 Å².